The minimum Gasteiger partial charge on any atom is -0.352 e. The third-order valence-corrected chi connectivity index (χ3v) is 4.24. The van der Waals surface area contributed by atoms with Crippen LogP contribution in [0.2, 0.25) is 0 Å². The number of anilines is 1. The number of piperazine rings is 1. The molecule has 0 radical (unpaired) electrons. The number of amides is 1. The summed E-state index contributed by atoms with van der Waals surface area (Å²) in [5, 5.41) is 8.63. The summed E-state index contributed by atoms with van der Waals surface area (Å²) >= 11 is 0. The van der Waals surface area contributed by atoms with Gasteiger partial charge in [-0.2, -0.15) is 0 Å². The average Bonchev–Trinajstić information content (AvgIpc) is 3.00. The second kappa shape index (κ2) is 6.98. The summed E-state index contributed by atoms with van der Waals surface area (Å²) in [5.41, 5.74) is 0.761. The lowest BCUT2D eigenvalue weighted by Crippen LogP contribution is -2.49. The first-order chi connectivity index (χ1) is 11.5. The number of imidazole rings is 1. The summed E-state index contributed by atoms with van der Waals surface area (Å²) in [6.07, 6.45) is 4.26. The lowest BCUT2D eigenvalue weighted by atomic mass is 10.1. The van der Waals surface area contributed by atoms with Crippen molar-refractivity contribution in [3.8, 4) is 11.5 Å². The summed E-state index contributed by atoms with van der Waals surface area (Å²) < 4.78 is 1.92. The smallest absolute Gasteiger partial charge is 0.222 e. The minimum atomic E-state index is 0.251. The Bertz CT molecular complexity index is 685. The Kier molecular flexibility index (Phi) is 4.78. The zero-order valence-corrected chi connectivity index (χ0v) is 14.5. The van der Waals surface area contributed by atoms with Crippen molar-refractivity contribution in [1.29, 1.82) is 0 Å². The fraction of sp³-hybridized carbons (Fsp3) is 0.529. The first-order valence-electron chi connectivity index (χ1n) is 8.38. The highest BCUT2D eigenvalue weighted by atomic mass is 16.2. The van der Waals surface area contributed by atoms with E-state index >= 15 is 0 Å². The van der Waals surface area contributed by atoms with Crippen LogP contribution in [0.5, 0.6) is 0 Å². The predicted octanol–water partition coefficient (Wildman–Crippen LogP) is 1.57. The van der Waals surface area contributed by atoms with Crippen molar-refractivity contribution >= 4 is 11.7 Å². The largest absolute Gasteiger partial charge is 0.352 e. The second-order valence-corrected chi connectivity index (χ2v) is 6.60. The Balaban J connectivity index is 1.61. The molecule has 0 atom stereocenters. The van der Waals surface area contributed by atoms with Gasteiger partial charge in [0.2, 0.25) is 5.91 Å². The van der Waals surface area contributed by atoms with Gasteiger partial charge in [0.25, 0.3) is 0 Å². The van der Waals surface area contributed by atoms with Crippen molar-refractivity contribution in [2.75, 3.05) is 31.1 Å². The molecule has 0 spiro atoms. The number of aromatic nitrogens is 4. The first kappa shape index (κ1) is 16.4. The SMILES string of the molecule is CC(C)CC(=O)N1CCN(c2ccc(-c3nccn3C)nn2)CC1. The summed E-state index contributed by atoms with van der Waals surface area (Å²) in [6.45, 7) is 7.23. The van der Waals surface area contributed by atoms with E-state index in [0.717, 1.165) is 43.5 Å². The van der Waals surface area contributed by atoms with E-state index in [9.17, 15) is 4.79 Å². The van der Waals surface area contributed by atoms with E-state index in [-0.39, 0.29) is 5.91 Å². The van der Waals surface area contributed by atoms with E-state index < -0.39 is 0 Å². The Morgan fingerprint density at radius 3 is 2.46 bits per heavy atom. The van der Waals surface area contributed by atoms with Gasteiger partial charge in [0.1, 0.15) is 5.69 Å². The molecule has 3 heterocycles. The zero-order valence-electron chi connectivity index (χ0n) is 14.5. The van der Waals surface area contributed by atoms with Crippen molar-refractivity contribution in [1.82, 2.24) is 24.6 Å². The zero-order chi connectivity index (χ0) is 17.1. The van der Waals surface area contributed by atoms with E-state index in [1.807, 2.05) is 34.8 Å². The summed E-state index contributed by atoms with van der Waals surface area (Å²) in [4.78, 5) is 20.5. The summed E-state index contributed by atoms with van der Waals surface area (Å²) in [6, 6.07) is 3.92. The molecule has 0 unspecified atom stereocenters. The van der Waals surface area contributed by atoms with Gasteiger partial charge in [-0.05, 0) is 18.1 Å². The van der Waals surface area contributed by atoms with Crippen LogP contribution in [0.4, 0.5) is 5.82 Å². The average molecular weight is 328 g/mol. The number of carbonyl (C=O) groups excluding carboxylic acids is 1. The van der Waals surface area contributed by atoms with Crippen LogP contribution in [-0.4, -0.2) is 56.7 Å². The Hall–Kier alpha value is -2.44. The van der Waals surface area contributed by atoms with Crippen LogP contribution in [0.15, 0.2) is 24.5 Å². The van der Waals surface area contributed by atoms with E-state index in [1.165, 1.54) is 0 Å². The fourth-order valence-electron chi connectivity index (χ4n) is 2.89. The highest BCUT2D eigenvalue weighted by Gasteiger charge is 2.22. The molecule has 7 heteroatoms. The third-order valence-electron chi connectivity index (χ3n) is 4.24. The molecule has 0 aliphatic carbocycles. The van der Waals surface area contributed by atoms with Gasteiger partial charge >= 0.3 is 0 Å². The van der Waals surface area contributed by atoms with Crippen LogP contribution in [0.3, 0.4) is 0 Å². The number of carbonyl (C=O) groups is 1. The van der Waals surface area contributed by atoms with Gasteiger partial charge in [0.05, 0.1) is 0 Å². The van der Waals surface area contributed by atoms with Gasteiger partial charge in [-0.3, -0.25) is 4.79 Å². The molecule has 0 saturated carbocycles. The van der Waals surface area contributed by atoms with Crippen molar-refractivity contribution in [3.63, 3.8) is 0 Å². The van der Waals surface area contributed by atoms with Gasteiger partial charge in [0.15, 0.2) is 11.6 Å². The van der Waals surface area contributed by atoms with Crippen molar-refractivity contribution in [3.05, 3.63) is 24.5 Å². The maximum Gasteiger partial charge on any atom is 0.222 e. The molecule has 0 bridgehead atoms. The van der Waals surface area contributed by atoms with Gasteiger partial charge in [0, 0.05) is 52.0 Å². The highest BCUT2D eigenvalue weighted by Crippen LogP contribution is 2.18. The monoisotopic (exact) mass is 328 g/mol. The lowest BCUT2D eigenvalue weighted by Gasteiger charge is -2.35. The maximum atomic E-state index is 12.1. The molecule has 7 nitrogen and oxygen atoms in total. The standard InChI is InChI=1S/C17H24N6O/c1-13(2)12-16(24)23-10-8-22(9-11-23)15-5-4-14(19-20-15)17-18-6-7-21(17)3/h4-7,13H,8-12H2,1-3H3. The highest BCUT2D eigenvalue weighted by molar-refractivity contribution is 5.76. The van der Waals surface area contributed by atoms with Gasteiger partial charge in [-0.25, -0.2) is 4.98 Å². The number of aryl methyl sites for hydroxylation is 1. The molecule has 1 saturated heterocycles. The Morgan fingerprint density at radius 1 is 1.17 bits per heavy atom. The first-order valence-corrected chi connectivity index (χ1v) is 8.38. The molecular weight excluding hydrogens is 304 g/mol. The van der Waals surface area contributed by atoms with Crippen molar-refractivity contribution in [2.45, 2.75) is 20.3 Å². The lowest BCUT2D eigenvalue weighted by molar-refractivity contribution is -0.132. The second-order valence-electron chi connectivity index (χ2n) is 6.60. The number of nitrogens with zero attached hydrogens (tertiary/aromatic N) is 6. The fourth-order valence-corrected chi connectivity index (χ4v) is 2.89. The maximum absolute atomic E-state index is 12.1. The molecular formula is C17H24N6O. The van der Waals surface area contributed by atoms with Gasteiger partial charge in [-0.1, -0.05) is 13.8 Å². The van der Waals surface area contributed by atoms with Crippen LogP contribution >= 0.6 is 0 Å². The van der Waals surface area contributed by atoms with Gasteiger partial charge in [-0.15, -0.1) is 10.2 Å². The van der Waals surface area contributed by atoms with E-state index in [4.69, 9.17) is 0 Å². The van der Waals surface area contributed by atoms with E-state index in [1.54, 1.807) is 6.20 Å². The molecule has 1 aliphatic rings. The van der Waals surface area contributed by atoms with Crippen LogP contribution in [-0.2, 0) is 11.8 Å². The topological polar surface area (TPSA) is 67.2 Å². The van der Waals surface area contributed by atoms with Gasteiger partial charge < -0.3 is 14.4 Å². The molecule has 0 N–H and O–H groups in total. The van der Waals surface area contributed by atoms with Crippen molar-refractivity contribution < 1.29 is 4.79 Å². The predicted molar refractivity (Wildman–Crippen MR) is 92.5 cm³/mol. The molecule has 0 aromatic carbocycles. The summed E-state index contributed by atoms with van der Waals surface area (Å²) in [7, 11) is 1.94. The van der Waals surface area contributed by atoms with E-state index in [2.05, 4.69) is 33.9 Å². The number of rotatable bonds is 4. The molecule has 128 valence electrons. The molecule has 2 aromatic heterocycles. The molecule has 24 heavy (non-hydrogen) atoms. The molecule has 3 rings (SSSR count). The van der Waals surface area contributed by atoms with Crippen LogP contribution < -0.4 is 4.90 Å². The Labute approximate surface area is 142 Å². The Morgan fingerprint density at radius 2 is 1.92 bits per heavy atom. The van der Waals surface area contributed by atoms with Crippen LogP contribution in [0, 0.1) is 5.92 Å². The van der Waals surface area contributed by atoms with Crippen LogP contribution in [0.1, 0.15) is 20.3 Å². The molecule has 1 fully saturated rings. The summed E-state index contributed by atoms with van der Waals surface area (Å²) in [5.74, 6) is 2.31. The van der Waals surface area contributed by atoms with Crippen LogP contribution in [0.25, 0.3) is 11.5 Å². The number of hydrogen-bond acceptors (Lipinski definition) is 5. The minimum absolute atomic E-state index is 0.251. The molecule has 2 aromatic rings. The van der Waals surface area contributed by atoms with E-state index in [0.29, 0.717) is 12.3 Å². The molecule has 1 aliphatic heterocycles. The quantitative estimate of drug-likeness (QED) is 0.852. The molecule has 1 amide bonds. The van der Waals surface area contributed by atoms with Crippen molar-refractivity contribution in [2.24, 2.45) is 13.0 Å². The number of hydrogen-bond donors (Lipinski definition) is 0. The normalized spacial score (nSPS) is 15.2. The third kappa shape index (κ3) is 3.55.